The number of thiophene rings is 1. The van der Waals surface area contributed by atoms with Gasteiger partial charge in [-0.1, -0.05) is 12.1 Å². The molecule has 2 heterocycles. The standard InChI is InChI=1S/C11H9N3O2S2/c12-8-10(9-4-1-2-6-13-9)14-18(15,16)11-5-3-7-17-11/h1-7,10,14H. The van der Waals surface area contributed by atoms with Gasteiger partial charge >= 0.3 is 0 Å². The average molecular weight is 279 g/mol. The zero-order chi connectivity index (χ0) is 13.0. The van der Waals surface area contributed by atoms with Crippen molar-refractivity contribution in [1.29, 1.82) is 5.26 Å². The van der Waals surface area contributed by atoms with E-state index in [-0.39, 0.29) is 4.21 Å². The first-order valence-electron chi connectivity index (χ1n) is 5.00. The summed E-state index contributed by atoms with van der Waals surface area (Å²) in [6.07, 6.45) is 1.51. The zero-order valence-corrected chi connectivity index (χ0v) is 10.8. The van der Waals surface area contributed by atoms with Gasteiger partial charge < -0.3 is 0 Å². The van der Waals surface area contributed by atoms with E-state index < -0.39 is 16.1 Å². The molecule has 0 aromatic carbocycles. The number of nitriles is 1. The Morgan fingerprint density at radius 3 is 2.72 bits per heavy atom. The van der Waals surface area contributed by atoms with Crippen molar-refractivity contribution < 1.29 is 8.42 Å². The minimum atomic E-state index is -3.67. The van der Waals surface area contributed by atoms with Gasteiger partial charge in [-0.2, -0.15) is 9.98 Å². The Balaban J connectivity index is 2.26. The normalized spacial score (nSPS) is 12.8. The summed E-state index contributed by atoms with van der Waals surface area (Å²) in [5.41, 5.74) is 0.375. The minimum Gasteiger partial charge on any atom is -0.258 e. The lowest BCUT2D eigenvalue weighted by Gasteiger charge is -2.10. The van der Waals surface area contributed by atoms with Crippen molar-refractivity contribution in [2.24, 2.45) is 0 Å². The van der Waals surface area contributed by atoms with E-state index in [0.717, 1.165) is 11.3 Å². The second-order valence-electron chi connectivity index (χ2n) is 3.37. The van der Waals surface area contributed by atoms with Gasteiger partial charge in [-0.15, -0.1) is 11.3 Å². The van der Waals surface area contributed by atoms with E-state index in [1.165, 1.54) is 12.3 Å². The SMILES string of the molecule is N#CC(NS(=O)(=O)c1cccs1)c1ccccn1. The van der Waals surface area contributed by atoms with Gasteiger partial charge in [0.25, 0.3) is 10.0 Å². The number of nitrogens with one attached hydrogen (secondary N) is 1. The first-order chi connectivity index (χ1) is 8.63. The summed E-state index contributed by atoms with van der Waals surface area (Å²) in [6, 6.07) is 9.03. The number of pyridine rings is 1. The molecule has 0 saturated carbocycles. The van der Waals surface area contributed by atoms with Gasteiger partial charge in [-0.25, -0.2) is 8.42 Å². The summed E-state index contributed by atoms with van der Waals surface area (Å²) in [5.74, 6) is 0. The van der Waals surface area contributed by atoms with Gasteiger partial charge in [-0.05, 0) is 23.6 Å². The summed E-state index contributed by atoms with van der Waals surface area (Å²) in [5, 5.41) is 10.7. The molecule has 1 atom stereocenters. The van der Waals surface area contributed by atoms with Gasteiger partial charge in [0.1, 0.15) is 4.21 Å². The Morgan fingerprint density at radius 2 is 2.17 bits per heavy atom. The average Bonchev–Trinajstić information content (AvgIpc) is 2.92. The maximum Gasteiger partial charge on any atom is 0.251 e. The molecule has 0 fully saturated rings. The summed E-state index contributed by atoms with van der Waals surface area (Å²) in [4.78, 5) is 3.97. The largest absolute Gasteiger partial charge is 0.258 e. The molecule has 2 aromatic rings. The number of nitrogens with zero attached hydrogens (tertiary/aromatic N) is 2. The predicted molar refractivity (Wildman–Crippen MR) is 67.2 cm³/mol. The number of rotatable bonds is 4. The second-order valence-corrected chi connectivity index (χ2v) is 6.26. The highest BCUT2D eigenvalue weighted by Crippen LogP contribution is 2.19. The molecule has 0 aliphatic carbocycles. The van der Waals surface area contributed by atoms with Crippen molar-refractivity contribution in [2.75, 3.05) is 0 Å². The van der Waals surface area contributed by atoms with E-state index >= 15 is 0 Å². The van der Waals surface area contributed by atoms with E-state index in [2.05, 4.69) is 9.71 Å². The summed E-state index contributed by atoms with van der Waals surface area (Å²) >= 11 is 1.10. The third kappa shape index (κ3) is 2.73. The van der Waals surface area contributed by atoms with E-state index in [4.69, 9.17) is 5.26 Å². The van der Waals surface area contributed by atoms with Crippen LogP contribution in [-0.2, 0) is 10.0 Å². The van der Waals surface area contributed by atoms with Gasteiger partial charge in [0.05, 0.1) is 11.8 Å². The van der Waals surface area contributed by atoms with Crippen molar-refractivity contribution >= 4 is 21.4 Å². The monoisotopic (exact) mass is 279 g/mol. The van der Waals surface area contributed by atoms with Crippen molar-refractivity contribution in [3.8, 4) is 6.07 Å². The fourth-order valence-corrected chi connectivity index (χ4v) is 3.45. The quantitative estimate of drug-likeness (QED) is 0.923. The van der Waals surface area contributed by atoms with Gasteiger partial charge in [0.2, 0.25) is 0 Å². The molecule has 92 valence electrons. The van der Waals surface area contributed by atoms with Crippen molar-refractivity contribution in [1.82, 2.24) is 9.71 Å². The molecule has 18 heavy (non-hydrogen) atoms. The molecular formula is C11H9N3O2S2. The van der Waals surface area contributed by atoms with Crippen LogP contribution in [0.5, 0.6) is 0 Å². The van der Waals surface area contributed by atoms with Gasteiger partial charge in [-0.3, -0.25) is 4.98 Å². The van der Waals surface area contributed by atoms with Crippen LogP contribution in [0, 0.1) is 11.3 Å². The Kier molecular flexibility index (Phi) is 3.72. The molecule has 0 saturated heterocycles. The highest BCUT2D eigenvalue weighted by molar-refractivity contribution is 7.91. The zero-order valence-electron chi connectivity index (χ0n) is 9.15. The molecule has 1 N–H and O–H groups in total. The third-order valence-corrected chi connectivity index (χ3v) is 4.97. The minimum absolute atomic E-state index is 0.179. The van der Waals surface area contributed by atoms with E-state index in [0.29, 0.717) is 5.69 Å². The number of hydrogen-bond acceptors (Lipinski definition) is 5. The molecule has 0 aliphatic rings. The first-order valence-corrected chi connectivity index (χ1v) is 7.36. The first kappa shape index (κ1) is 12.7. The molecule has 5 nitrogen and oxygen atoms in total. The lowest BCUT2D eigenvalue weighted by atomic mass is 10.2. The molecule has 7 heteroatoms. The molecule has 0 spiro atoms. The second kappa shape index (κ2) is 5.27. The van der Waals surface area contributed by atoms with Gasteiger partial charge in [0.15, 0.2) is 6.04 Å². The van der Waals surface area contributed by atoms with Crippen LogP contribution >= 0.6 is 11.3 Å². The Morgan fingerprint density at radius 1 is 1.33 bits per heavy atom. The van der Waals surface area contributed by atoms with Crippen LogP contribution in [-0.4, -0.2) is 13.4 Å². The molecule has 0 bridgehead atoms. The molecule has 2 rings (SSSR count). The highest BCUT2D eigenvalue weighted by atomic mass is 32.2. The topological polar surface area (TPSA) is 82.9 Å². The van der Waals surface area contributed by atoms with E-state index in [1.54, 1.807) is 29.6 Å². The van der Waals surface area contributed by atoms with Crippen LogP contribution in [0.2, 0.25) is 0 Å². The van der Waals surface area contributed by atoms with Crippen LogP contribution in [0.25, 0.3) is 0 Å². The van der Waals surface area contributed by atoms with Crippen LogP contribution in [0.15, 0.2) is 46.1 Å². The van der Waals surface area contributed by atoms with Crippen LogP contribution in [0.1, 0.15) is 11.7 Å². The fourth-order valence-electron chi connectivity index (χ4n) is 1.33. The van der Waals surface area contributed by atoms with Crippen LogP contribution in [0.3, 0.4) is 0 Å². The lowest BCUT2D eigenvalue weighted by molar-refractivity contribution is 0.576. The van der Waals surface area contributed by atoms with Crippen molar-refractivity contribution in [2.45, 2.75) is 10.3 Å². The summed E-state index contributed by atoms with van der Waals surface area (Å²) < 4.78 is 26.4. The molecular weight excluding hydrogens is 270 g/mol. The lowest BCUT2D eigenvalue weighted by Crippen LogP contribution is -2.27. The summed E-state index contributed by atoms with van der Waals surface area (Å²) in [7, 11) is -3.67. The molecule has 0 amide bonds. The maximum absolute atomic E-state index is 12.0. The third-order valence-electron chi connectivity index (χ3n) is 2.15. The molecule has 1 unspecified atom stereocenters. The Labute approximate surface area is 109 Å². The molecule has 0 aliphatic heterocycles. The Hall–Kier alpha value is -1.75. The van der Waals surface area contributed by atoms with Crippen molar-refractivity contribution in [3.05, 3.63) is 47.6 Å². The van der Waals surface area contributed by atoms with E-state index in [9.17, 15) is 8.42 Å². The van der Waals surface area contributed by atoms with Crippen LogP contribution < -0.4 is 4.72 Å². The number of sulfonamides is 1. The maximum atomic E-state index is 12.0. The highest BCUT2D eigenvalue weighted by Gasteiger charge is 2.22. The fraction of sp³-hybridized carbons (Fsp3) is 0.0909. The molecule has 0 radical (unpaired) electrons. The number of hydrogen-bond donors (Lipinski definition) is 1. The van der Waals surface area contributed by atoms with Crippen molar-refractivity contribution in [3.63, 3.8) is 0 Å². The smallest absolute Gasteiger partial charge is 0.251 e. The Bertz CT molecular complexity index is 645. The molecule has 2 aromatic heterocycles. The van der Waals surface area contributed by atoms with Gasteiger partial charge in [0, 0.05) is 6.20 Å². The summed E-state index contributed by atoms with van der Waals surface area (Å²) in [6.45, 7) is 0. The number of aromatic nitrogens is 1. The van der Waals surface area contributed by atoms with Crippen LogP contribution in [0.4, 0.5) is 0 Å². The predicted octanol–water partition coefficient (Wildman–Crippen LogP) is 1.69. The van der Waals surface area contributed by atoms with E-state index in [1.807, 2.05) is 6.07 Å².